The molecule has 2 aromatic rings. The van der Waals surface area contributed by atoms with Crippen LogP contribution in [0.15, 0.2) is 41.0 Å². The molecule has 0 aliphatic heterocycles. The number of unbranched alkanes of at least 4 members (excludes halogenated alkanes) is 1. The minimum atomic E-state index is -0.452. The number of methoxy groups -OCH3 is 1. The number of hydrogen-bond acceptors (Lipinski definition) is 4. The third-order valence-corrected chi connectivity index (χ3v) is 3.37. The van der Waals surface area contributed by atoms with Crippen LogP contribution in [0.5, 0.6) is 0 Å². The average Bonchev–Trinajstić information content (AvgIpc) is 2.99. The van der Waals surface area contributed by atoms with E-state index in [0.717, 1.165) is 17.7 Å². The lowest BCUT2D eigenvalue weighted by molar-refractivity contribution is 0.0563. The smallest absolute Gasteiger partial charge is 0.374 e. The van der Waals surface area contributed by atoms with Crippen LogP contribution >= 0.6 is 0 Å². The van der Waals surface area contributed by atoms with E-state index < -0.39 is 5.97 Å². The standard InChI is InChI=1S/C17H21NO3/c1-3-4-5-13-6-8-15(9-7-13)18-12-14-10-11-21-16(14)17(19)20-2/h6-11,18H,3-5,12H2,1-2H3. The normalized spacial score (nSPS) is 10.4. The molecular formula is C17H21NO3. The van der Waals surface area contributed by atoms with Gasteiger partial charge in [0.25, 0.3) is 0 Å². The maximum absolute atomic E-state index is 11.5. The lowest BCUT2D eigenvalue weighted by Crippen LogP contribution is -2.06. The molecule has 112 valence electrons. The van der Waals surface area contributed by atoms with Gasteiger partial charge in [-0.05, 0) is 36.6 Å². The van der Waals surface area contributed by atoms with Crippen LogP contribution in [0.2, 0.25) is 0 Å². The van der Waals surface area contributed by atoms with Gasteiger partial charge >= 0.3 is 5.97 Å². The monoisotopic (exact) mass is 287 g/mol. The van der Waals surface area contributed by atoms with Crippen LogP contribution < -0.4 is 5.32 Å². The summed E-state index contributed by atoms with van der Waals surface area (Å²) in [5.74, 6) is -0.198. The zero-order valence-electron chi connectivity index (χ0n) is 12.5. The molecular weight excluding hydrogens is 266 g/mol. The topological polar surface area (TPSA) is 51.5 Å². The third-order valence-electron chi connectivity index (χ3n) is 3.37. The minimum absolute atomic E-state index is 0.254. The first kappa shape index (κ1) is 15.2. The van der Waals surface area contributed by atoms with Crippen LogP contribution in [0, 0.1) is 0 Å². The van der Waals surface area contributed by atoms with E-state index in [0.29, 0.717) is 6.54 Å². The van der Waals surface area contributed by atoms with Gasteiger partial charge in [0.15, 0.2) is 0 Å². The number of aryl methyl sites for hydroxylation is 1. The lowest BCUT2D eigenvalue weighted by Gasteiger charge is -2.07. The van der Waals surface area contributed by atoms with Crippen molar-refractivity contribution in [2.75, 3.05) is 12.4 Å². The summed E-state index contributed by atoms with van der Waals surface area (Å²) >= 11 is 0. The summed E-state index contributed by atoms with van der Waals surface area (Å²) in [6, 6.07) is 10.2. The Labute approximate surface area is 125 Å². The molecule has 21 heavy (non-hydrogen) atoms. The van der Waals surface area contributed by atoms with Gasteiger partial charge in [0.05, 0.1) is 13.4 Å². The first-order chi connectivity index (χ1) is 10.2. The number of carbonyl (C=O) groups is 1. The second kappa shape index (κ2) is 7.53. The van der Waals surface area contributed by atoms with Gasteiger partial charge in [-0.25, -0.2) is 4.79 Å². The zero-order chi connectivity index (χ0) is 15.1. The maximum atomic E-state index is 11.5. The third kappa shape index (κ3) is 4.12. The van der Waals surface area contributed by atoms with Crippen molar-refractivity contribution >= 4 is 11.7 Å². The van der Waals surface area contributed by atoms with Gasteiger partial charge in [0, 0.05) is 17.8 Å². The van der Waals surface area contributed by atoms with Gasteiger partial charge in [-0.3, -0.25) is 0 Å². The number of benzene rings is 1. The molecule has 0 aliphatic rings. The number of ether oxygens (including phenoxy) is 1. The number of esters is 1. The second-order valence-electron chi connectivity index (χ2n) is 4.92. The van der Waals surface area contributed by atoms with Crippen LogP contribution in [0.25, 0.3) is 0 Å². The van der Waals surface area contributed by atoms with Gasteiger partial charge in [-0.2, -0.15) is 0 Å². The van der Waals surface area contributed by atoms with Crippen molar-refractivity contribution in [3.8, 4) is 0 Å². The molecule has 0 amide bonds. The Balaban J connectivity index is 1.94. The molecule has 0 fully saturated rings. The van der Waals surface area contributed by atoms with E-state index in [1.807, 2.05) is 0 Å². The van der Waals surface area contributed by atoms with E-state index in [1.54, 1.807) is 6.07 Å². The van der Waals surface area contributed by atoms with Gasteiger partial charge in [0.1, 0.15) is 0 Å². The molecule has 0 atom stereocenters. The fourth-order valence-corrected chi connectivity index (χ4v) is 2.11. The van der Waals surface area contributed by atoms with Crippen LogP contribution in [-0.2, 0) is 17.7 Å². The molecule has 0 spiro atoms. The number of furan rings is 1. The molecule has 0 saturated heterocycles. The number of anilines is 1. The van der Waals surface area contributed by atoms with Crippen molar-refractivity contribution in [1.82, 2.24) is 0 Å². The van der Waals surface area contributed by atoms with Crippen LogP contribution in [0.1, 0.15) is 41.4 Å². The van der Waals surface area contributed by atoms with Crippen LogP contribution in [0.4, 0.5) is 5.69 Å². The minimum Gasteiger partial charge on any atom is -0.463 e. The average molecular weight is 287 g/mol. The van der Waals surface area contributed by atoms with E-state index in [-0.39, 0.29) is 5.76 Å². The molecule has 0 radical (unpaired) electrons. The predicted molar refractivity (Wildman–Crippen MR) is 82.4 cm³/mol. The lowest BCUT2D eigenvalue weighted by atomic mass is 10.1. The summed E-state index contributed by atoms with van der Waals surface area (Å²) in [5, 5.41) is 3.28. The quantitative estimate of drug-likeness (QED) is 0.781. The van der Waals surface area contributed by atoms with Crippen molar-refractivity contribution in [2.24, 2.45) is 0 Å². The molecule has 0 unspecified atom stereocenters. The van der Waals surface area contributed by atoms with E-state index >= 15 is 0 Å². The summed E-state index contributed by atoms with van der Waals surface area (Å²) in [7, 11) is 1.34. The molecule has 0 aliphatic carbocycles. The summed E-state index contributed by atoms with van der Waals surface area (Å²) in [6.45, 7) is 2.72. The SMILES string of the molecule is CCCCc1ccc(NCc2ccoc2C(=O)OC)cc1. The maximum Gasteiger partial charge on any atom is 0.374 e. The fourth-order valence-electron chi connectivity index (χ4n) is 2.11. The number of hydrogen-bond donors (Lipinski definition) is 1. The Hall–Kier alpha value is -2.23. The molecule has 4 heteroatoms. The molecule has 1 aromatic heterocycles. The molecule has 0 bridgehead atoms. The van der Waals surface area contributed by atoms with Crippen molar-refractivity contribution in [1.29, 1.82) is 0 Å². The molecule has 4 nitrogen and oxygen atoms in total. The summed E-state index contributed by atoms with van der Waals surface area (Å²) < 4.78 is 9.83. The van der Waals surface area contributed by atoms with E-state index in [2.05, 4.69) is 41.2 Å². The van der Waals surface area contributed by atoms with Crippen LogP contribution in [-0.4, -0.2) is 13.1 Å². The van der Waals surface area contributed by atoms with Crippen molar-refractivity contribution in [3.63, 3.8) is 0 Å². The second-order valence-corrected chi connectivity index (χ2v) is 4.92. The molecule has 1 heterocycles. The highest BCUT2D eigenvalue weighted by Crippen LogP contribution is 2.16. The largest absolute Gasteiger partial charge is 0.463 e. The van der Waals surface area contributed by atoms with Crippen molar-refractivity contribution in [2.45, 2.75) is 32.7 Å². The molecule has 1 N–H and O–H groups in total. The number of nitrogens with one attached hydrogen (secondary N) is 1. The van der Waals surface area contributed by atoms with Gasteiger partial charge < -0.3 is 14.5 Å². The fraction of sp³-hybridized carbons (Fsp3) is 0.353. The van der Waals surface area contributed by atoms with E-state index in [1.165, 1.54) is 31.8 Å². The van der Waals surface area contributed by atoms with Crippen molar-refractivity contribution in [3.05, 3.63) is 53.5 Å². The summed E-state index contributed by atoms with van der Waals surface area (Å²) in [6.07, 6.45) is 5.03. The highest BCUT2D eigenvalue weighted by Gasteiger charge is 2.15. The van der Waals surface area contributed by atoms with Crippen molar-refractivity contribution < 1.29 is 13.9 Å². The van der Waals surface area contributed by atoms with Gasteiger partial charge in [-0.1, -0.05) is 25.5 Å². The zero-order valence-corrected chi connectivity index (χ0v) is 12.5. The summed E-state index contributed by atoms with van der Waals surface area (Å²) in [5.41, 5.74) is 3.16. The number of rotatable bonds is 7. The Morgan fingerprint density at radius 2 is 2.00 bits per heavy atom. The van der Waals surface area contributed by atoms with Gasteiger partial charge in [0.2, 0.25) is 5.76 Å². The van der Waals surface area contributed by atoms with E-state index in [4.69, 9.17) is 4.42 Å². The molecule has 1 aromatic carbocycles. The van der Waals surface area contributed by atoms with Gasteiger partial charge in [-0.15, -0.1) is 0 Å². The molecule has 2 rings (SSSR count). The first-order valence-corrected chi connectivity index (χ1v) is 7.22. The molecule has 0 saturated carbocycles. The Bertz CT molecular complexity index is 572. The highest BCUT2D eigenvalue weighted by atomic mass is 16.5. The Morgan fingerprint density at radius 1 is 1.24 bits per heavy atom. The Kier molecular flexibility index (Phi) is 5.43. The first-order valence-electron chi connectivity index (χ1n) is 7.22. The summed E-state index contributed by atoms with van der Waals surface area (Å²) in [4.78, 5) is 11.5. The Morgan fingerprint density at radius 3 is 2.67 bits per heavy atom. The van der Waals surface area contributed by atoms with E-state index in [9.17, 15) is 4.79 Å². The predicted octanol–water partition coefficient (Wildman–Crippen LogP) is 4.02. The van der Waals surface area contributed by atoms with Crippen LogP contribution in [0.3, 0.4) is 0 Å². The highest BCUT2D eigenvalue weighted by molar-refractivity contribution is 5.87. The number of carbonyl (C=O) groups excluding carboxylic acids is 1.